The number of hydrogen-bond acceptors (Lipinski definition) is 4. The van der Waals surface area contributed by atoms with Crippen molar-refractivity contribution in [1.29, 1.82) is 0 Å². The van der Waals surface area contributed by atoms with Gasteiger partial charge in [0.2, 0.25) is 10.0 Å². The first-order valence-corrected chi connectivity index (χ1v) is 9.77. The van der Waals surface area contributed by atoms with E-state index in [2.05, 4.69) is 4.72 Å². The summed E-state index contributed by atoms with van der Waals surface area (Å²) in [5, 5.41) is 0.0183. The molecule has 0 aliphatic rings. The molecule has 0 amide bonds. The van der Waals surface area contributed by atoms with Gasteiger partial charge in [0.1, 0.15) is 21.4 Å². The number of benzene rings is 2. The molecule has 0 saturated carbocycles. The molecule has 0 aliphatic heterocycles. The molecule has 0 radical (unpaired) electrons. The van der Waals surface area contributed by atoms with Gasteiger partial charge in [-0.1, -0.05) is 35.3 Å². The lowest BCUT2D eigenvalue weighted by Gasteiger charge is -2.11. The number of hydrogen-bond donors (Lipinski definition) is 1. The van der Waals surface area contributed by atoms with Gasteiger partial charge in [-0.2, -0.15) is 0 Å². The molecule has 0 aliphatic carbocycles. The van der Waals surface area contributed by atoms with E-state index in [0.717, 1.165) is 17.7 Å². The van der Waals surface area contributed by atoms with Crippen LogP contribution in [0.4, 0.5) is 0 Å². The Hall–Kier alpha value is -1.47. The van der Waals surface area contributed by atoms with Crippen LogP contribution in [0, 0.1) is 0 Å². The van der Waals surface area contributed by atoms with Crippen molar-refractivity contribution >= 4 is 33.2 Å². The molecule has 2 aromatic carbocycles. The smallest absolute Gasteiger partial charge is 0.242 e. The summed E-state index contributed by atoms with van der Waals surface area (Å²) >= 11 is 12.1. The Morgan fingerprint density at radius 3 is 2.48 bits per heavy atom. The number of ether oxygens (including phenoxy) is 2. The minimum atomic E-state index is -3.75. The molecule has 25 heavy (non-hydrogen) atoms. The van der Waals surface area contributed by atoms with E-state index in [1.54, 1.807) is 7.11 Å². The zero-order valence-electron chi connectivity index (χ0n) is 13.9. The Morgan fingerprint density at radius 2 is 1.80 bits per heavy atom. The lowest BCUT2D eigenvalue weighted by Crippen LogP contribution is -2.25. The molecule has 0 atom stereocenters. The molecule has 8 heteroatoms. The predicted molar refractivity (Wildman–Crippen MR) is 99.5 cm³/mol. The third kappa shape index (κ3) is 5.01. The van der Waals surface area contributed by atoms with Gasteiger partial charge in [-0.15, -0.1) is 0 Å². The van der Waals surface area contributed by atoms with E-state index >= 15 is 0 Å². The average Bonchev–Trinajstić information content (AvgIpc) is 2.61. The third-order valence-electron chi connectivity index (χ3n) is 3.59. The van der Waals surface area contributed by atoms with E-state index in [1.807, 2.05) is 24.3 Å². The van der Waals surface area contributed by atoms with E-state index in [0.29, 0.717) is 12.2 Å². The van der Waals surface area contributed by atoms with E-state index in [4.69, 9.17) is 32.7 Å². The normalized spacial score (nSPS) is 11.4. The number of halogens is 2. The van der Waals surface area contributed by atoms with Crippen molar-refractivity contribution in [3.63, 3.8) is 0 Å². The van der Waals surface area contributed by atoms with Crippen LogP contribution in [0.15, 0.2) is 41.3 Å². The monoisotopic (exact) mass is 403 g/mol. The van der Waals surface area contributed by atoms with E-state index in [-0.39, 0.29) is 21.5 Å². The Labute approximate surface area is 157 Å². The summed E-state index contributed by atoms with van der Waals surface area (Å²) < 4.78 is 37.5. The minimum Gasteiger partial charge on any atom is -0.497 e. The molecule has 1 N–H and O–H groups in total. The highest BCUT2D eigenvalue weighted by molar-refractivity contribution is 7.89. The number of methoxy groups -OCH3 is 2. The van der Waals surface area contributed by atoms with Crippen LogP contribution in [0.1, 0.15) is 12.0 Å². The quantitative estimate of drug-likeness (QED) is 0.678. The lowest BCUT2D eigenvalue weighted by atomic mass is 10.1. The molecule has 0 aromatic heterocycles. The summed E-state index contributed by atoms with van der Waals surface area (Å²) in [6.07, 6.45) is 1.35. The second-order valence-corrected chi connectivity index (χ2v) is 7.74. The fraction of sp³-hybridized carbons (Fsp3) is 0.294. The van der Waals surface area contributed by atoms with Gasteiger partial charge in [-0.3, -0.25) is 0 Å². The fourth-order valence-corrected chi connectivity index (χ4v) is 4.20. The van der Waals surface area contributed by atoms with Gasteiger partial charge in [0.05, 0.1) is 19.2 Å². The maximum Gasteiger partial charge on any atom is 0.242 e. The van der Waals surface area contributed by atoms with Crippen molar-refractivity contribution in [2.75, 3.05) is 20.8 Å². The van der Waals surface area contributed by atoms with Gasteiger partial charge in [0.25, 0.3) is 0 Å². The number of rotatable bonds is 8. The molecule has 0 spiro atoms. The summed E-state index contributed by atoms with van der Waals surface area (Å²) in [4.78, 5) is -0.0682. The summed E-state index contributed by atoms with van der Waals surface area (Å²) in [6, 6.07) is 10.5. The van der Waals surface area contributed by atoms with Gasteiger partial charge >= 0.3 is 0 Å². The standard InChI is InChI=1S/C17H19Cl2NO4S/c1-23-13-7-3-5-12(11-13)6-4-10-20-25(21,22)15-9-8-14(24-2)16(18)17(15)19/h3,5,7-9,11,20H,4,6,10H2,1-2H3. The molecule has 0 fully saturated rings. The largest absolute Gasteiger partial charge is 0.497 e. The van der Waals surface area contributed by atoms with Crippen molar-refractivity contribution in [3.05, 3.63) is 52.0 Å². The van der Waals surface area contributed by atoms with Crippen molar-refractivity contribution in [2.45, 2.75) is 17.7 Å². The molecule has 0 heterocycles. The first-order chi connectivity index (χ1) is 11.9. The number of nitrogens with one attached hydrogen (secondary N) is 1. The van der Waals surface area contributed by atoms with Crippen LogP contribution < -0.4 is 14.2 Å². The average molecular weight is 404 g/mol. The van der Waals surface area contributed by atoms with Crippen molar-refractivity contribution < 1.29 is 17.9 Å². The van der Waals surface area contributed by atoms with Crippen molar-refractivity contribution in [2.24, 2.45) is 0 Å². The van der Waals surface area contributed by atoms with Gasteiger partial charge in [0.15, 0.2) is 0 Å². The minimum absolute atomic E-state index is 0.0543. The Morgan fingerprint density at radius 1 is 1.04 bits per heavy atom. The number of sulfonamides is 1. The molecule has 0 unspecified atom stereocenters. The molecule has 0 saturated heterocycles. The second-order valence-electron chi connectivity index (χ2n) is 5.25. The lowest BCUT2D eigenvalue weighted by molar-refractivity contribution is 0.414. The van der Waals surface area contributed by atoms with Crippen LogP contribution >= 0.6 is 23.2 Å². The predicted octanol–water partition coefficient (Wildman–Crippen LogP) is 3.92. The highest BCUT2D eigenvalue weighted by Gasteiger charge is 2.21. The molecule has 136 valence electrons. The van der Waals surface area contributed by atoms with Gasteiger partial charge in [-0.05, 0) is 42.7 Å². The van der Waals surface area contributed by atoms with Crippen LogP contribution in [0.2, 0.25) is 10.0 Å². The van der Waals surface area contributed by atoms with E-state index in [1.165, 1.54) is 19.2 Å². The van der Waals surface area contributed by atoms with Crippen molar-refractivity contribution in [3.8, 4) is 11.5 Å². The summed E-state index contributed by atoms with van der Waals surface area (Å²) in [6.45, 7) is 0.277. The summed E-state index contributed by atoms with van der Waals surface area (Å²) in [5.74, 6) is 1.10. The van der Waals surface area contributed by atoms with E-state index in [9.17, 15) is 8.42 Å². The van der Waals surface area contributed by atoms with Crippen LogP contribution in [-0.2, 0) is 16.4 Å². The number of aryl methyl sites for hydroxylation is 1. The van der Waals surface area contributed by atoms with Crippen molar-refractivity contribution in [1.82, 2.24) is 4.72 Å². The Bertz CT molecular complexity index is 841. The third-order valence-corrected chi connectivity index (χ3v) is 6.07. The summed E-state index contributed by atoms with van der Waals surface area (Å²) in [5.41, 5.74) is 1.07. The Kier molecular flexibility index (Phi) is 6.95. The highest BCUT2D eigenvalue weighted by atomic mass is 35.5. The fourth-order valence-electron chi connectivity index (χ4n) is 2.28. The second kappa shape index (κ2) is 8.76. The topological polar surface area (TPSA) is 64.6 Å². The molecular formula is C17H19Cl2NO4S. The highest BCUT2D eigenvalue weighted by Crippen LogP contribution is 2.36. The molecule has 5 nitrogen and oxygen atoms in total. The van der Waals surface area contributed by atoms with Crippen LogP contribution in [0.25, 0.3) is 0 Å². The first-order valence-electron chi connectivity index (χ1n) is 7.53. The van der Waals surface area contributed by atoms with Gasteiger partial charge in [0, 0.05) is 6.54 Å². The van der Waals surface area contributed by atoms with Gasteiger partial charge < -0.3 is 9.47 Å². The molecular weight excluding hydrogens is 385 g/mol. The Balaban J connectivity index is 1.99. The van der Waals surface area contributed by atoms with E-state index < -0.39 is 10.0 Å². The van der Waals surface area contributed by atoms with Crippen LogP contribution in [0.3, 0.4) is 0 Å². The first kappa shape index (κ1) is 19.8. The maximum atomic E-state index is 12.4. The molecule has 2 rings (SSSR count). The van der Waals surface area contributed by atoms with Crippen LogP contribution in [-0.4, -0.2) is 29.2 Å². The maximum absolute atomic E-state index is 12.4. The molecule has 0 bridgehead atoms. The zero-order chi connectivity index (χ0) is 18.4. The zero-order valence-corrected chi connectivity index (χ0v) is 16.2. The van der Waals surface area contributed by atoms with Crippen LogP contribution in [0.5, 0.6) is 11.5 Å². The summed E-state index contributed by atoms with van der Waals surface area (Å²) in [7, 11) is -0.711. The molecule has 2 aromatic rings. The SMILES string of the molecule is COc1cccc(CCCNS(=O)(=O)c2ccc(OC)c(Cl)c2Cl)c1. The van der Waals surface area contributed by atoms with Gasteiger partial charge in [-0.25, -0.2) is 13.1 Å².